The van der Waals surface area contributed by atoms with Gasteiger partial charge in [-0.25, -0.2) is 14.2 Å². The lowest BCUT2D eigenvalue weighted by Gasteiger charge is -2.26. The van der Waals surface area contributed by atoms with Crippen LogP contribution in [0.25, 0.3) is 0 Å². The summed E-state index contributed by atoms with van der Waals surface area (Å²) in [6, 6.07) is 11.4. The molecule has 9 nitrogen and oxygen atoms in total. The summed E-state index contributed by atoms with van der Waals surface area (Å²) >= 11 is 0. The molecule has 0 atom stereocenters. The van der Waals surface area contributed by atoms with Gasteiger partial charge in [0.05, 0.1) is 30.1 Å². The Kier molecular flexibility index (Phi) is 7.09. The van der Waals surface area contributed by atoms with Crippen molar-refractivity contribution in [1.29, 1.82) is 0 Å². The summed E-state index contributed by atoms with van der Waals surface area (Å²) in [5, 5.41) is 2.91. The lowest BCUT2D eigenvalue weighted by Crippen LogP contribution is -2.30. The molecule has 3 N–H and O–H groups in total. The molecule has 1 heterocycles. The van der Waals surface area contributed by atoms with Crippen LogP contribution in [0.15, 0.2) is 48.7 Å². The molecule has 35 heavy (non-hydrogen) atoms. The molecule has 1 amide bonds. The third-order valence-corrected chi connectivity index (χ3v) is 5.96. The van der Waals surface area contributed by atoms with Crippen molar-refractivity contribution in [2.45, 2.75) is 31.7 Å². The van der Waals surface area contributed by atoms with Crippen molar-refractivity contribution in [2.24, 2.45) is 5.73 Å². The maximum Gasteiger partial charge on any atom is 0.343 e. The summed E-state index contributed by atoms with van der Waals surface area (Å²) in [5.74, 6) is -1.52. The summed E-state index contributed by atoms with van der Waals surface area (Å²) in [7, 11) is 3.18. The van der Waals surface area contributed by atoms with E-state index in [2.05, 4.69) is 15.3 Å². The van der Waals surface area contributed by atoms with Crippen molar-refractivity contribution < 1.29 is 23.5 Å². The first-order valence-electron chi connectivity index (χ1n) is 11.2. The second-order valence-corrected chi connectivity index (χ2v) is 8.21. The second kappa shape index (κ2) is 10.4. The van der Waals surface area contributed by atoms with Crippen LogP contribution in [0.3, 0.4) is 0 Å². The van der Waals surface area contributed by atoms with Crippen LogP contribution in [0.4, 0.5) is 21.8 Å². The molecule has 3 aromatic rings. The number of rotatable bonds is 8. The first kappa shape index (κ1) is 23.9. The van der Waals surface area contributed by atoms with Gasteiger partial charge in [-0.15, -0.1) is 0 Å². The molecule has 0 saturated heterocycles. The van der Waals surface area contributed by atoms with Crippen molar-refractivity contribution in [3.8, 4) is 11.5 Å². The Morgan fingerprint density at radius 3 is 2.51 bits per heavy atom. The first-order valence-corrected chi connectivity index (χ1v) is 11.2. The fourth-order valence-electron chi connectivity index (χ4n) is 4.09. The minimum absolute atomic E-state index is 0.0549. The average Bonchev–Trinajstić information content (AvgIpc) is 3.40. The van der Waals surface area contributed by atoms with Gasteiger partial charge in [-0.2, -0.15) is 4.98 Å². The number of carbonyl (C=O) groups is 2. The number of aromatic nitrogens is 2. The van der Waals surface area contributed by atoms with Gasteiger partial charge in [0.2, 0.25) is 5.95 Å². The Hall–Kier alpha value is -4.21. The molecule has 10 heteroatoms. The first-order chi connectivity index (χ1) is 16.9. The van der Waals surface area contributed by atoms with E-state index in [1.54, 1.807) is 37.4 Å². The molecule has 1 fully saturated rings. The topological polar surface area (TPSA) is 120 Å². The Labute approximate surface area is 202 Å². The van der Waals surface area contributed by atoms with E-state index in [4.69, 9.17) is 15.2 Å². The number of hydrogen-bond acceptors (Lipinski definition) is 8. The molecule has 4 rings (SSSR count). The summed E-state index contributed by atoms with van der Waals surface area (Å²) < 4.78 is 25.4. The van der Waals surface area contributed by atoms with Gasteiger partial charge in [0, 0.05) is 19.2 Å². The molecule has 0 aliphatic heterocycles. The molecule has 1 aromatic heterocycles. The summed E-state index contributed by atoms with van der Waals surface area (Å²) in [6.45, 7) is 0. The molecule has 0 unspecified atom stereocenters. The van der Waals surface area contributed by atoms with Gasteiger partial charge < -0.3 is 25.4 Å². The number of hydrogen-bond donors (Lipinski definition) is 2. The van der Waals surface area contributed by atoms with Crippen molar-refractivity contribution in [1.82, 2.24) is 9.97 Å². The SMILES string of the molecule is COc1cc(C(N)=O)c(Nc2ncc(F)c(N(C)C3CCCC3)n2)cc1OC(=O)c1ccccc1. The van der Waals surface area contributed by atoms with Gasteiger partial charge in [-0.1, -0.05) is 31.0 Å². The average molecular weight is 480 g/mol. The van der Waals surface area contributed by atoms with E-state index in [9.17, 15) is 14.0 Å². The number of nitrogens with one attached hydrogen (secondary N) is 1. The van der Waals surface area contributed by atoms with Gasteiger partial charge >= 0.3 is 5.97 Å². The quantitative estimate of drug-likeness (QED) is 0.367. The molecule has 2 aromatic carbocycles. The van der Waals surface area contributed by atoms with Gasteiger partial charge in [0.15, 0.2) is 23.1 Å². The fourth-order valence-corrected chi connectivity index (χ4v) is 4.09. The molecule has 0 spiro atoms. The molecular formula is C25H26FN5O4. The number of nitrogens with zero attached hydrogens (tertiary/aromatic N) is 3. The van der Waals surface area contributed by atoms with Crippen LogP contribution in [0.2, 0.25) is 0 Å². The highest BCUT2D eigenvalue weighted by atomic mass is 19.1. The summed E-state index contributed by atoms with van der Waals surface area (Å²) in [4.78, 5) is 34.9. The van der Waals surface area contributed by atoms with E-state index in [-0.39, 0.29) is 40.6 Å². The van der Waals surface area contributed by atoms with Crippen LogP contribution in [-0.2, 0) is 0 Å². The van der Waals surface area contributed by atoms with Gasteiger partial charge in [0.25, 0.3) is 5.91 Å². The Morgan fingerprint density at radius 1 is 1.14 bits per heavy atom. The van der Waals surface area contributed by atoms with Crippen LogP contribution in [0.5, 0.6) is 11.5 Å². The highest BCUT2D eigenvalue weighted by Crippen LogP contribution is 2.35. The number of primary amides is 1. The lowest BCUT2D eigenvalue weighted by atomic mass is 10.1. The largest absolute Gasteiger partial charge is 0.493 e. The number of carbonyl (C=O) groups excluding carboxylic acids is 2. The maximum absolute atomic E-state index is 14.5. The zero-order valence-corrected chi connectivity index (χ0v) is 19.5. The smallest absolute Gasteiger partial charge is 0.343 e. The monoisotopic (exact) mass is 479 g/mol. The minimum Gasteiger partial charge on any atom is -0.493 e. The van der Waals surface area contributed by atoms with E-state index in [1.807, 2.05) is 4.90 Å². The molecule has 1 aliphatic carbocycles. The highest BCUT2D eigenvalue weighted by molar-refractivity contribution is 6.00. The standard InChI is InChI=1S/C25H26FN5O4/c1-31(16-10-6-7-11-16)23-18(26)14-28-25(30-23)29-19-13-21(20(34-2)12-17(19)22(27)32)35-24(33)15-8-4-3-5-9-15/h3-5,8-9,12-14,16H,6-7,10-11H2,1-2H3,(H2,27,32)(H,28,29,30). The number of amides is 1. The number of methoxy groups -OCH3 is 1. The maximum atomic E-state index is 14.5. The third-order valence-electron chi connectivity index (χ3n) is 5.96. The van der Waals surface area contributed by atoms with E-state index in [0.29, 0.717) is 5.56 Å². The van der Waals surface area contributed by atoms with Crippen molar-refractivity contribution in [2.75, 3.05) is 24.4 Å². The minimum atomic E-state index is -0.753. The molecule has 1 aliphatic rings. The number of nitrogens with two attached hydrogens (primary N) is 1. The zero-order valence-electron chi connectivity index (χ0n) is 19.5. The fraction of sp³-hybridized carbons (Fsp3) is 0.280. The van der Waals surface area contributed by atoms with Crippen LogP contribution in [0.1, 0.15) is 46.4 Å². The van der Waals surface area contributed by atoms with E-state index in [0.717, 1.165) is 31.9 Å². The van der Waals surface area contributed by atoms with Crippen molar-refractivity contribution >= 4 is 29.3 Å². The molecule has 1 saturated carbocycles. The summed E-state index contributed by atoms with van der Waals surface area (Å²) in [6.07, 6.45) is 5.17. The normalized spacial score (nSPS) is 13.3. The highest BCUT2D eigenvalue weighted by Gasteiger charge is 2.24. The van der Waals surface area contributed by atoms with Crippen LogP contribution in [-0.4, -0.2) is 42.0 Å². The van der Waals surface area contributed by atoms with E-state index in [1.165, 1.54) is 19.2 Å². The molecule has 182 valence electrons. The molecule has 0 radical (unpaired) electrons. The summed E-state index contributed by atoms with van der Waals surface area (Å²) in [5.41, 5.74) is 6.14. The second-order valence-electron chi connectivity index (χ2n) is 8.21. The van der Waals surface area contributed by atoms with Gasteiger partial charge in [-0.05, 0) is 31.0 Å². The van der Waals surface area contributed by atoms with Crippen molar-refractivity contribution in [3.05, 3.63) is 65.6 Å². The van der Waals surface area contributed by atoms with E-state index >= 15 is 0 Å². The van der Waals surface area contributed by atoms with Crippen LogP contribution >= 0.6 is 0 Å². The number of ether oxygens (including phenoxy) is 2. The predicted molar refractivity (Wildman–Crippen MR) is 129 cm³/mol. The molecule has 0 bridgehead atoms. The van der Waals surface area contributed by atoms with E-state index < -0.39 is 17.7 Å². The predicted octanol–water partition coefficient (Wildman–Crippen LogP) is 4.06. The number of esters is 1. The lowest BCUT2D eigenvalue weighted by molar-refractivity contribution is 0.0730. The van der Waals surface area contributed by atoms with Gasteiger partial charge in [-0.3, -0.25) is 4.79 Å². The number of benzene rings is 2. The Balaban J connectivity index is 1.67. The van der Waals surface area contributed by atoms with Crippen molar-refractivity contribution in [3.63, 3.8) is 0 Å². The van der Waals surface area contributed by atoms with Gasteiger partial charge in [0.1, 0.15) is 0 Å². The number of anilines is 3. The van der Waals surface area contributed by atoms with Crippen LogP contribution < -0.4 is 25.4 Å². The Bertz CT molecular complexity index is 1230. The third kappa shape index (κ3) is 5.32. The van der Waals surface area contributed by atoms with Crippen LogP contribution in [0, 0.1) is 5.82 Å². The number of halogens is 1. The molecular weight excluding hydrogens is 453 g/mol. The zero-order chi connectivity index (χ0) is 24.9. The Morgan fingerprint density at radius 2 is 1.86 bits per heavy atom.